The second kappa shape index (κ2) is 4.08. The summed E-state index contributed by atoms with van der Waals surface area (Å²) in [4.78, 5) is 3.98. The second-order valence-electron chi connectivity index (χ2n) is 2.97. The van der Waals surface area contributed by atoms with E-state index in [9.17, 15) is 8.42 Å². The van der Waals surface area contributed by atoms with E-state index in [0.717, 1.165) is 11.1 Å². The minimum absolute atomic E-state index is 0.517. The molecule has 6 heteroatoms. The van der Waals surface area contributed by atoms with Crippen LogP contribution in [0.1, 0.15) is 11.1 Å². The molecule has 1 heterocycles. The van der Waals surface area contributed by atoms with Crippen molar-refractivity contribution >= 4 is 30.3 Å². The molecule has 1 aromatic carbocycles. The summed E-state index contributed by atoms with van der Waals surface area (Å²) in [5.41, 5.74) is 1.94. The van der Waals surface area contributed by atoms with Crippen molar-refractivity contribution in [1.82, 2.24) is 0 Å². The highest BCUT2D eigenvalue weighted by Gasteiger charge is 2.14. The van der Waals surface area contributed by atoms with Gasteiger partial charge in [-0.1, -0.05) is 29.8 Å². The van der Waals surface area contributed by atoms with Gasteiger partial charge < -0.3 is 0 Å². The van der Waals surface area contributed by atoms with Crippen molar-refractivity contribution in [2.24, 2.45) is 9.39 Å². The van der Waals surface area contributed by atoms with Gasteiger partial charge in [0, 0.05) is 5.56 Å². The fraction of sp³-hybridized carbons (Fsp3) is 0.111. The highest BCUT2D eigenvalue weighted by atomic mass is 32.9. The zero-order valence-electron chi connectivity index (χ0n) is 7.91. The number of nitrogens with zero attached hydrogens (tertiary/aromatic N) is 2. The van der Waals surface area contributed by atoms with Crippen molar-refractivity contribution in [2.45, 2.75) is 6.92 Å². The third-order valence-electron chi connectivity index (χ3n) is 1.91. The lowest BCUT2D eigenvalue weighted by molar-refractivity contribution is 0.628. The van der Waals surface area contributed by atoms with Crippen LogP contribution in [0, 0.1) is 6.92 Å². The van der Waals surface area contributed by atoms with Crippen molar-refractivity contribution in [3.05, 3.63) is 35.4 Å². The Morgan fingerprint density at radius 3 is 2.47 bits per heavy atom. The first-order chi connectivity index (χ1) is 7.18. The molecule has 0 saturated heterocycles. The van der Waals surface area contributed by atoms with E-state index in [1.807, 2.05) is 31.2 Å². The Hall–Kier alpha value is -1.27. The number of hydrogen-bond acceptors (Lipinski definition) is 3. The zero-order valence-corrected chi connectivity index (χ0v) is 9.55. The molecular weight excluding hydrogens is 232 g/mol. The van der Waals surface area contributed by atoms with E-state index in [2.05, 4.69) is 9.39 Å². The number of benzene rings is 1. The van der Waals surface area contributed by atoms with E-state index in [4.69, 9.17) is 0 Å². The average Bonchev–Trinajstić information content (AvgIpc) is 2.67. The normalized spacial score (nSPS) is 19.0. The lowest BCUT2D eigenvalue weighted by Gasteiger charge is -1.99. The summed E-state index contributed by atoms with van der Waals surface area (Å²) in [6.45, 7) is 1.97. The minimum atomic E-state index is -2.23. The maximum atomic E-state index is 10.9. The number of aliphatic imine (C=N–C) groups is 1. The molecule has 0 amide bonds. The molecule has 1 unspecified atom stereocenters. The quantitative estimate of drug-likeness (QED) is 0.738. The zero-order chi connectivity index (χ0) is 10.8. The molecule has 0 spiro atoms. The molecule has 1 aliphatic heterocycles. The number of hydrogen-bond donors (Lipinski definition) is 0. The van der Waals surface area contributed by atoms with Gasteiger partial charge in [0.15, 0.2) is 0 Å². The molecule has 15 heavy (non-hydrogen) atoms. The van der Waals surface area contributed by atoms with E-state index in [-0.39, 0.29) is 0 Å². The standard InChI is InChI=1S/C9H8N2O2S2/c1-7-2-4-8(5-3-7)9-10-6-11-14(9)15(12)13/h2-6H,1H3. The molecule has 0 aromatic heterocycles. The third-order valence-corrected chi connectivity index (χ3v) is 4.63. The van der Waals surface area contributed by atoms with Gasteiger partial charge in [0.1, 0.15) is 21.0 Å². The molecule has 1 aromatic rings. The monoisotopic (exact) mass is 240 g/mol. The Balaban J connectivity index is 2.51. The van der Waals surface area contributed by atoms with E-state index in [0.29, 0.717) is 5.04 Å². The van der Waals surface area contributed by atoms with Crippen LogP contribution in [0.15, 0.2) is 33.7 Å². The first-order valence-electron chi connectivity index (χ1n) is 4.20. The van der Waals surface area contributed by atoms with Gasteiger partial charge in [0.05, 0.1) is 0 Å². The van der Waals surface area contributed by atoms with Gasteiger partial charge in [-0.3, -0.25) is 0 Å². The van der Waals surface area contributed by atoms with Gasteiger partial charge in [-0.2, -0.15) is 12.8 Å². The lowest BCUT2D eigenvalue weighted by Crippen LogP contribution is -2.03. The van der Waals surface area contributed by atoms with Crippen molar-refractivity contribution in [3.63, 3.8) is 0 Å². The van der Waals surface area contributed by atoms with Crippen molar-refractivity contribution in [1.29, 1.82) is 0 Å². The summed E-state index contributed by atoms with van der Waals surface area (Å²) >= 11 is 0. The fourth-order valence-electron chi connectivity index (χ4n) is 1.18. The number of rotatable bonds is 1. The van der Waals surface area contributed by atoms with Gasteiger partial charge in [-0.05, 0) is 6.92 Å². The van der Waals surface area contributed by atoms with Crippen LogP contribution < -0.4 is 0 Å². The van der Waals surface area contributed by atoms with E-state index >= 15 is 0 Å². The van der Waals surface area contributed by atoms with Gasteiger partial charge in [-0.25, -0.2) is 4.99 Å². The molecule has 0 saturated carbocycles. The summed E-state index contributed by atoms with van der Waals surface area (Å²) in [6.07, 6.45) is 1.30. The van der Waals surface area contributed by atoms with Crippen LogP contribution in [-0.4, -0.2) is 19.8 Å². The summed E-state index contributed by atoms with van der Waals surface area (Å²) in [6, 6.07) is 7.56. The molecule has 0 N–H and O–H groups in total. The molecule has 2 rings (SSSR count). The van der Waals surface area contributed by atoms with Crippen LogP contribution in [0.3, 0.4) is 0 Å². The first kappa shape index (κ1) is 10.3. The Labute approximate surface area is 90.6 Å². The Morgan fingerprint density at radius 2 is 1.87 bits per heavy atom. The van der Waals surface area contributed by atoms with Crippen LogP contribution in [0.2, 0.25) is 0 Å². The topological polar surface area (TPSA) is 58.9 Å². The molecule has 0 fully saturated rings. The van der Waals surface area contributed by atoms with Crippen LogP contribution in [0.5, 0.6) is 0 Å². The fourth-order valence-corrected chi connectivity index (χ4v) is 3.22. The second-order valence-corrected chi connectivity index (χ2v) is 6.24. The largest absolute Gasteiger partial charge is 0.267 e. The summed E-state index contributed by atoms with van der Waals surface area (Å²) in [5, 5.41) is 0.517. The van der Waals surface area contributed by atoms with Crippen LogP contribution in [0.25, 0.3) is 0 Å². The van der Waals surface area contributed by atoms with Gasteiger partial charge >= 0.3 is 0 Å². The molecule has 1 aliphatic rings. The molecule has 1 atom stereocenters. The van der Waals surface area contributed by atoms with Crippen LogP contribution in [-0.2, 0) is 18.9 Å². The van der Waals surface area contributed by atoms with Gasteiger partial charge in [0.2, 0.25) is 0 Å². The van der Waals surface area contributed by atoms with Gasteiger partial charge in [-0.15, -0.1) is 0 Å². The van der Waals surface area contributed by atoms with E-state index < -0.39 is 18.9 Å². The highest BCUT2D eigenvalue weighted by molar-refractivity contribution is 8.41. The van der Waals surface area contributed by atoms with E-state index in [1.54, 1.807) is 0 Å². The van der Waals surface area contributed by atoms with Crippen LogP contribution >= 0.6 is 0 Å². The SMILES string of the molecule is Cc1ccc(C2=NC=NS2=S(=O)=O)cc1. The molecule has 0 aliphatic carbocycles. The summed E-state index contributed by atoms with van der Waals surface area (Å²) in [5.74, 6) is 0. The highest BCUT2D eigenvalue weighted by Crippen LogP contribution is 2.11. The summed E-state index contributed by atoms with van der Waals surface area (Å²) < 4.78 is 25.5. The molecule has 78 valence electrons. The maximum Gasteiger partial charge on any atom is 0.267 e. The molecule has 4 nitrogen and oxygen atoms in total. The lowest BCUT2D eigenvalue weighted by atomic mass is 10.2. The molecule has 0 radical (unpaired) electrons. The Kier molecular flexibility index (Phi) is 2.79. The summed E-state index contributed by atoms with van der Waals surface area (Å²) in [7, 11) is -3.37. The predicted octanol–water partition coefficient (Wildman–Crippen LogP) is 1.11. The Morgan fingerprint density at radius 1 is 1.20 bits per heavy atom. The average molecular weight is 240 g/mol. The van der Waals surface area contributed by atoms with Crippen LogP contribution in [0.4, 0.5) is 0 Å². The van der Waals surface area contributed by atoms with E-state index in [1.165, 1.54) is 6.34 Å². The Bertz CT molecular complexity index is 575. The van der Waals surface area contributed by atoms with Crippen molar-refractivity contribution in [3.8, 4) is 0 Å². The maximum absolute atomic E-state index is 10.9. The third kappa shape index (κ3) is 2.05. The van der Waals surface area contributed by atoms with Gasteiger partial charge in [0.25, 0.3) is 9.26 Å². The molecule has 0 bridgehead atoms. The van der Waals surface area contributed by atoms with Crippen molar-refractivity contribution < 1.29 is 8.42 Å². The predicted molar refractivity (Wildman–Crippen MR) is 62.5 cm³/mol. The number of aryl methyl sites for hydroxylation is 1. The first-order valence-corrected chi connectivity index (χ1v) is 6.97. The smallest absolute Gasteiger partial charge is 0.226 e. The van der Waals surface area contributed by atoms with Crippen molar-refractivity contribution in [2.75, 3.05) is 0 Å². The minimum Gasteiger partial charge on any atom is -0.226 e. The molecular formula is C9H8N2O2S2.